The molecule has 2 aromatic heterocycles. The molecule has 0 aliphatic heterocycles. The largest absolute Gasteiger partial charge is 0.486 e. The van der Waals surface area contributed by atoms with Gasteiger partial charge in [0.1, 0.15) is 34.6 Å². The number of carbonyl (C=O) groups excluding carboxylic acids is 2. The molecule has 0 aliphatic rings. The molecule has 0 bridgehead atoms. The number of anilines is 1. The van der Waals surface area contributed by atoms with E-state index in [1.807, 2.05) is 0 Å². The highest BCUT2D eigenvalue weighted by molar-refractivity contribution is 7.99. The molecule has 186 valence electrons. The zero-order chi connectivity index (χ0) is 25.7. The number of esters is 1. The van der Waals surface area contributed by atoms with Crippen molar-refractivity contribution in [2.45, 2.75) is 11.8 Å². The summed E-state index contributed by atoms with van der Waals surface area (Å²) in [6.07, 6.45) is 0. The van der Waals surface area contributed by atoms with Crippen molar-refractivity contribution in [3.05, 3.63) is 76.9 Å². The minimum Gasteiger partial charge on any atom is -0.486 e. The maximum atomic E-state index is 13.3. The molecule has 0 fully saturated rings. The molecular weight excluding hydrogens is 510 g/mol. The van der Waals surface area contributed by atoms with Gasteiger partial charge >= 0.3 is 5.97 Å². The summed E-state index contributed by atoms with van der Waals surface area (Å²) in [6.45, 7) is 0.117. The monoisotopic (exact) mass is 530 g/mol. The molecule has 8 nitrogen and oxygen atoms in total. The summed E-state index contributed by atoms with van der Waals surface area (Å²) >= 11 is 2.34. The van der Waals surface area contributed by atoms with Crippen LogP contribution < -0.4 is 10.1 Å². The predicted octanol–water partition coefficient (Wildman–Crippen LogP) is 4.92. The van der Waals surface area contributed by atoms with Crippen molar-refractivity contribution in [1.82, 2.24) is 14.8 Å². The van der Waals surface area contributed by atoms with Crippen molar-refractivity contribution in [3.8, 4) is 16.9 Å². The number of ether oxygens (including phenoxy) is 2. The lowest BCUT2D eigenvalue weighted by atomic mass is 10.0. The maximum Gasteiger partial charge on any atom is 0.341 e. The van der Waals surface area contributed by atoms with Gasteiger partial charge in [0.25, 0.3) is 0 Å². The van der Waals surface area contributed by atoms with Crippen LogP contribution in [0.5, 0.6) is 5.75 Å². The Kier molecular flexibility index (Phi) is 7.96. The highest BCUT2D eigenvalue weighted by Gasteiger charge is 2.23. The second kappa shape index (κ2) is 11.3. The van der Waals surface area contributed by atoms with E-state index < -0.39 is 11.8 Å². The third-order valence-electron chi connectivity index (χ3n) is 5.03. The summed E-state index contributed by atoms with van der Waals surface area (Å²) in [7, 11) is 2.99. The molecule has 0 spiro atoms. The summed E-state index contributed by atoms with van der Waals surface area (Å²) in [5.74, 6) is -0.695. The number of hydrogen-bond acceptors (Lipinski definition) is 8. The number of carbonyl (C=O) groups is 2. The van der Waals surface area contributed by atoms with Crippen LogP contribution in [-0.4, -0.2) is 39.5 Å². The number of benzene rings is 2. The number of hydrogen-bond donors (Lipinski definition) is 1. The topological polar surface area (TPSA) is 95.3 Å². The first kappa shape index (κ1) is 25.3. The van der Waals surface area contributed by atoms with Gasteiger partial charge < -0.3 is 19.4 Å². The van der Waals surface area contributed by atoms with E-state index in [0.29, 0.717) is 32.9 Å². The molecule has 1 amide bonds. The lowest BCUT2D eigenvalue weighted by molar-refractivity contribution is -0.113. The van der Waals surface area contributed by atoms with Crippen LogP contribution in [0.2, 0.25) is 0 Å². The molecule has 0 saturated heterocycles. The number of halogens is 2. The van der Waals surface area contributed by atoms with Crippen LogP contribution in [0.3, 0.4) is 0 Å². The van der Waals surface area contributed by atoms with Gasteiger partial charge in [-0.2, -0.15) is 0 Å². The molecule has 1 N–H and O–H groups in total. The number of aromatic nitrogens is 3. The van der Waals surface area contributed by atoms with Crippen molar-refractivity contribution in [2.24, 2.45) is 7.05 Å². The molecule has 4 aromatic rings. The fourth-order valence-electron chi connectivity index (χ4n) is 3.16. The molecule has 4 rings (SSSR count). The van der Waals surface area contributed by atoms with Crippen LogP contribution in [0.25, 0.3) is 11.1 Å². The molecule has 0 atom stereocenters. The van der Waals surface area contributed by atoms with E-state index in [1.54, 1.807) is 29.1 Å². The highest BCUT2D eigenvalue weighted by Crippen LogP contribution is 2.36. The highest BCUT2D eigenvalue weighted by atomic mass is 32.2. The molecule has 2 heterocycles. The molecule has 2 aromatic carbocycles. The van der Waals surface area contributed by atoms with Gasteiger partial charge in [-0.05, 0) is 42.0 Å². The molecular formula is C24H20F2N4O4S2. The van der Waals surface area contributed by atoms with Crippen molar-refractivity contribution in [2.75, 3.05) is 18.2 Å². The van der Waals surface area contributed by atoms with Gasteiger partial charge in [-0.1, -0.05) is 23.9 Å². The Morgan fingerprint density at radius 2 is 1.72 bits per heavy atom. The number of methoxy groups -OCH3 is 1. The maximum absolute atomic E-state index is 13.3. The van der Waals surface area contributed by atoms with E-state index in [-0.39, 0.29) is 29.6 Å². The van der Waals surface area contributed by atoms with E-state index in [4.69, 9.17) is 9.47 Å². The smallest absolute Gasteiger partial charge is 0.341 e. The van der Waals surface area contributed by atoms with Crippen molar-refractivity contribution in [1.29, 1.82) is 0 Å². The summed E-state index contributed by atoms with van der Waals surface area (Å²) in [4.78, 5) is 25.1. The average molecular weight is 531 g/mol. The Labute approximate surface area is 213 Å². The van der Waals surface area contributed by atoms with Gasteiger partial charge in [0.05, 0.1) is 12.9 Å². The summed E-state index contributed by atoms with van der Waals surface area (Å²) in [5, 5.41) is 13.4. The number of thioether (sulfide) groups is 1. The summed E-state index contributed by atoms with van der Waals surface area (Å²) in [6, 6.07) is 11.3. The van der Waals surface area contributed by atoms with Crippen molar-refractivity contribution < 1.29 is 27.8 Å². The van der Waals surface area contributed by atoms with Gasteiger partial charge in [-0.15, -0.1) is 21.5 Å². The van der Waals surface area contributed by atoms with Crippen molar-refractivity contribution in [3.63, 3.8) is 0 Å². The molecule has 0 unspecified atom stereocenters. The average Bonchev–Trinajstić information content (AvgIpc) is 3.45. The van der Waals surface area contributed by atoms with Crippen LogP contribution in [-0.2, 0) is 23.2 Å². The van der Waals surface area contributed by atoms with E-state index in [0.717, 1.165) is 11.8 Å². The third-order valence-corrected chi connectivity index (χ3v) is 6.94. The lowest BCUT2D eigenvalue weighted by Crippen LogP contribution is -2.16. The van der Waals surface area contributed by atoms with Gasteiger partial charge in [0, 0.05) is 18.0 Å². The summed E-state index contributed by atoms with van der Waals surface area (Å²) in [5.41, 5.74) is 1.36. The molecule has 12 heteroatoms. The van der Waals surface area contributed by atoms with Gasteiger partial charge in [-0.3, -0.25) is 4.79 Å². The quantitative estimate of drug-likeness (QED) is 0.242. The third kappa shape index (κ3) is 5.89. The molecule has 0 radical (unpaired) electrons. The molecule has 36 heavy (non-hydrogen) atoms. The van der Waals surface area contributed by atoms with E-state index in [1.165, 1.54) is 54.8 Å². The first-order valence-electron chi connectivity index (χ1n) is 10.5. The first-order valence-corrected chi connectivity index (χ1v) is 12.4. The Bertz CT molecular complexity index is 1370. The standard InChI is InChI=1S/C24H20F2N4O4S2/c1-30-19(11-34-17-9-7-16(26)8-10-17)28-29-24(30)36-13-20(31)27-22-21(23(32)33-2)18(12-35-22)14-3-5-15(25)6-4-14/h3-10,12H,11,13H2,1-2H3,(H,27,31). The number of amides is 1. The number of nitrogens with one attached hydrogen (secondary N) is 1. The Hall–Kier alpha value is -3.77. The second-order valence-corrected chi connectivity index (χ2v) is 9.21. The Balaban J connectivity index is 1.39. The molecule has 0 aliphatic carbocycles. The summed E-state index contributed by atoms with van der Waals surface area (Å²) < 4.78 is 38.5. The normalized spacial score (nSPS) is 10.8. The second-order valence-electron chi connectivity index (χ2n) is 7.39. The first-order chi connectivity index (χ1) is 17.4. The Morgan fingerprint density at radius 1 is 1.06 bits per heavy atom. The SMILES string of the molecule is COC(=O)c1c(-c2ccc(F)cc2)csc1NC(=O)CSc1nnc(COc2ccc(F)cc2)n1C. The zero-order valence-electron chi connectivity index (χ0n) is 19.2. The fourth-order valence-corrected chi connectivity index (χ4v) is 4.87. The minimum absolute atomic E-state index is 0.00911. The number of nitrogens with zero attached hydrogens (tertiary/aromatic N) is 3. The van der Waals surface area contributed by atoms with Crippen molar-refractivity contribution >= 4 is 40.0 Å². The minimum atomic E-state index is -0.613. The van der Waals surface area contributed by atoms with Gasteiger partial charge in [0.2, 0.25) is 5.91 Å². The van der Waals surface area contributed by atoms with E-state index in [9.17, 15) is 18.4 Å². The lowest BCUT2D eigenvalue weighted by Gasteiger charge is -2.08. The van der Waals surface area contributed by atoms with Crippen LogP contribution in [0.4, 0.5) is 13.8 Å². The van der Waals surface area contributed by atoms with Crippen LogP contribution in [0.15, 0.2) is 59.1 Å². The number of thiophene rings is 1. The van der Waals surface area contributed by atoms with E-state index >= 15 is 0 Å². The van der Waals surface area contributed by atoms with E-state index in [2.05, 4.69) is 15.5 Å². The van der Waals surface area contributed by atoms with Crippen LogP contribution in [0, 0.1) is 11.6 Å². The number of rotatable bonds is 9. The predicted molar refractivity (Wildman–Crippen MR) is 132 cm³/mol. The Morgan fingerprint density at radius 3 is 2.39 bits per heavy atom. The van der Waals surface area contributed by atoms with Gasteiger partial charge in [0.15, 0.2) is 11.0 Å². The molecule has 0 saturated carbocycles. The van der Waals surface area contributed by atoms with Gasteiger partial charge in [-0.25, -0.2) is 13.6 Å². The van der Waals surface area contributed by atoms with Crippen LogP contribution in [0.1, 0.15) is 16.2 Å². The fraction of sp³-hybridized carbons (Fsp3) is 0.167. The zero-order valence-corrected chi connectivity index (χ0v) is 20.8. The van der Waals surface area contributed by atoms with Crippen LogP contribution >= 0.6 is 23.1 Å².